The van der Waals surface area contributed by atoms with Crippen molar-refractivity contribution in [1.29, 1.82) is 0 Å². The molecule has 0 aliphatic rings. The number of carboxylic acids is 1. The molecule has 0 atom stereocenters. The molecular weight excluding hydrogens is 194 g/mol. The Hall–Kier alpha value is -1.06. The van der Waals surface area contributed by atoms with Crippen LogP contribution in [0.5, 0.6) is 0 Å². The molecule has 0 unspecified atom stereocenters. The molecule has 88 valence electrons. The van der Waals surface area contributed by atoms with Crippen molar-refractivity contribution >= 4 is 11.9 Å². The molecule has 0 radical (unpaired) electrons. The van der Waals surface area contributed by atoms with Crippen molar-refractivity contribution in [3.63, 3.8) is 0 Å². The summed E-state index contributed by atoms with van der Waals surface area (Å²) in [7, 11) is 0. The first-order chi connectivity index (χ1) is 6.83. The lowest BCUT2D eigenvalue weighted by atomic mass is 9.89. The summed E-state index contributed by atoms with van der Waals surface area (Å²) in [5.74, 6) is -1.13. The summed E-state index contributed by atoms with van der Waals surface area (Å²) in [6.07, 6.45) is 1.77. The predicted octanol–water partition coefficient (Wildman–Crippen LogP) is 1.79. The largest absolute Gasteiger partial charge is 0.481 e. The first-order valence-electron chi connectivity index (χ1n) is 5.36. The van der Waals surface area contributed by atoms with Gasteiger partial charge in [-0.2, -0.15) is 0 Å². The summed E-state index contributed by atoms with van der Waals surface area (Å²) in [6.45, 7) is 7.11. The Morgan fingerprint density at radius 3 is 2.07 bits per heavy atom. The van der Waals surface area contributed by atoms with E-state index in [1.165, 1.54) is 0 Å². The van der Waals surface area contributed by atoms with E-state index in [1.54, 1.807) is 13.8 Å². The molecule has 4 heteroatoms. The summed E-state index contributed by atoms with van der Waals surface area (Å²) in [6, 6.07) is 0.155. The molecule has 0 aromatic rings. The zero-order valence-corrected chi connectivity index (χ0v) is 9.96. The molecule has 0 bridgehead atoms. The van der Waals surface area contributed by atoms with Crippen LogP contribution in [0.3, 0.4) is 0 Å². The van der Waals surface area contributed by atoms with Crippen LogP contribution in [0, 0.1) is 5.41 Å². The van der Waals surface area contributed by atoms with Gasteiger partial charge in [0.1, 0.15) is 0 Å². The quantitative estimate of drug-likeness (QED) is 0.710. The van der Waals surface area contributed by atoms with E-state index in [2.05, 4.69) is 5.32 Å². The van der Waals surface area contributed by atoms with E-state index in [4.69, 9.17) is 5.11 Å². The molecule has 0 aliphatic carbocycles. The van der Waals surface area contributed by atoms with Gasteiger partial charge in [-0.05, 0) is 26.7 Å². The number of hydrogen-bond donors (Lipinski definition) is 2. The van der Waals surface area contributed by atoms with Crippen molar-refractivity contribution in [2.24, 2.45) is 5.41 Å². The molecule has 4 nitrogen and oxygen atoms in total. The smallest absolute Gasteiger partial charge is 0.309 e. The minimum Gasteiger partial charge on any atom is -0.481 e. The Balaban J connectivity index is 4.20. The molecule has 0 heterocycles. The molecule has 0 aliphatic heterocycles. The SMILES string of the molecule is CCC(CC)NC(=O)CC(C)(C)C(=O)O. The number of carbonyl (C=O) groups excluding carboxylic acids is 1. The zero-order valence-electron chi connectivity index (χ0n) is 9.96. The number of rotatable bonds is 6. The predicted molar refractivity (Wildman–Crippen MR) is 58.5 cm³/mol. The van der Waals surface area contributed by atoms with Crippen molar-refractivity contribution in [1.82, 2.24) is 5.32 Å². The molecule has 0 saturated carbocycles. The number of nitrogens with one attached hydrogen (secondary N) is 1. The van der Waals surface area contributed by atoms with E-state index >= 15 is 0 Å². The topological polar surface area (TPSA) is 66.4 Å². The minimum atomic E-state index is -0.990. The number of carbonyl (C=O) groups is 2. The van der Waals surface area contributed by atoms with E-state index in [-0.39, 0.29) is 18.4 Å². The molecule has 0 saturated heterocycles. The molecule has 0 spiro atoms. The highest BCUT2D eigenvalue weighted by Crippen LogP contribution is 2.20. The van der Waals surface area contributed by atoms with Crippen molar-refractivity contribution in [3.05, 3.63) is 0 Å². The third-order valence-electron chi connectivity index (χ3n) is 2.53. The van der Waals surface area contributed by atoms with Gasteiger partial charge in [-0.1, -0.05) is 13.8 Å². The van der Waals surface area contributed by atoms with Gasteiger partial charge in [-0.3, -0.25) is 9.59 Å². The van der Waals surface area contributed by atoms with Crippen LogP contribution >= 0.6 is 0 Å². The highest BCUT2D eigenvalue weighted by atomic mass is 16.4. The summed E-state index contributed by atoms with van der Waals surface area (Å²) in [5.41, 5.74) is -0.990. The van der Waals surface area contributed by atoms with E-state index in [0.29, 0.717) is 0 Å². The summed E-state index contributed by atoms with van der Waals surface area (Å²) in [4.78, 5) is 22.3. The summed E-state index contributed by atoms with van der Waals surface area (Å²) < 4.78 is 0. The third-order valence-corrected chi connectivity index (χ3v) is 2.53. The van der Waals surface area contributed by atoms with Crippen LogP contribution in [-0.2, 0) is 9.59 Å². The fraction of sp³-hybridized carbons (Fsp3) is 0.818. The van der Waals surface area contributed by atoms with Crippen LogP contribution in [0.15, 0.2) is 0 Å². The van der Waals surface area contributed by atoms with Gasteiger partial charge in [0.2, 0.25) is 5.91 Å². The van der Waals surface area contributed by atoms with Crippen LogP contribution in [-0.4, -0.2) is 23.0 Å². The Morgan fingerprint density at radius 1 is 1.27 bits per heavy atom. The van der Waals surface area contributed by atoms with E-state index in [0.717, 1.165) is 12.8 Å². The molecule has 0 aromatic carbocycles. The van der Waals surface area contributed by atoms with Crippen molar-refractivity contribution in [2.75, 3.05) is 0 Å². The molecule has 0 aromatic heterocycles. The molecule has 0 fully saturated rings. The van der Waals surface area contributed by atoms with Gasteiger partial charge in [-0.25, -0.2) is 0 Å². The van der Waals surface area contributed by atoms with Gasteiger partial charge in [0, 0.05) is 12.5 Å². The Bertz CT molecular complexity index is 232. The lowest BCUT2D eigenvalue weighted by molar-refractivity contribution is -0.149. The van der Waals surface area contributed by atoms with Gasteiger partial charge in [0.25, 0.3) is 0 Å². The second kappa shape index (κ2) is 5.73. The second-order valence-electron chi connectivity index (χ2n) is 4.45. The first-order valence-corrected chi connectivity index (χ1v) is 5.36. The molecule has 15 heavy (non-hydrogen) atoms. The van der Waals surface area contributed by atoms with Crippen LogP contribution in [0.2, 0.25) is 0 Å². The fourth-order valence-corrected chi connectivity index (χ4v) is 1.25. The Morgan fingerprint density at radius 2 is 1.73 bits per heavy atom. The second-order valence-corrected chi connectivity index (χ2v) is 4.45. The summed E-state index contributed by atoms with van der Waals surface area (Å²) in [5, 5.41) is 11.7. The van der Waals surface area contributed by atoms with Gasteiger partial charge < -0.3 is 10.4 Å². The summed E-state index contributed by atoms with van der Waals surface area (Å²) >= 11 is 0. The maximum atomic E-state index is 11.5. The van der Waals surface area contributed by atoms with Crippen LogP contribution in [0.4, 0.5) is 0 Å². The van der Waals surface area contributed by atoms with Crippen molar-refractivity contribution in [3.8, 4) is 0 Å². The van der Waals surface area contributed by atoms with Crippen molar-refractivity contribution < 1.29 is 14.7 Å². The number of amides is 1. The Labute approximate surface area is 91.1 Å². The van der Waals surface area contributed by atoms with E-state index < -0.39 is 11.4 Å². The van der Waals surface area contributed by atoms with E-state index in [9.17, 15) is 9.59 Å². The molecule has 1 amide bonds. The highest BCUT2D eigenvalue weighted by molar-refractivity contribution is 5.84. The molecular formula is C11H21NO3. The maximum Gasteiger partial charge on any atom is 0.309 e. The van der Waals surface area contributed by atoms with Gasteiger partial charge in [-0.15, -0.1) is 0 Å². The lowest BCUT2D eigenvalue weighted by Crippen LogP contribution is -2.38. The normalized spacial score (nSPS) is 11.5. The maximum absolute atomic E-state index is 11.5. The number of hydrogen-bond acceptors (Lipinski definition) is 2. The van der Waals surface area contributed by atoms with Crippen molar-refractivity contribution in [2.45, 2.75) is 53.0 Å². The van der Waals surface area contributed by atoms with Gasteiger partial charge >= 0.3 is 5.97 Å². The first kappa shape index (κ1) is 13.9. The average Bonchev–Trinajstić information content (AvgIpc) is 2.13. The molecule has 2 N–H and O–H groups in total. The minimum absolute atomic E-state index is 0.0266. The fourth-order valence-electron chi connectivity index (χ4n) is 1.25. The lowest BCUT2D eigenvalue weighted by Gasteiger charge is -2.21. The number of carboxylic acid groups (broad SMARTS) is 1. The van der Waals surface area contributed by atoms with Gasteiger partial charge in [0.05, 0.1) is 5.41 Å². The monoisotopic (exact) mass is 215 g/mol. The van der Waals surface area contributed by atoms with Crippen LogP contribution in [0.1, 0.15) is 47.0 Å². The number of aliphatic carboxylic acids is 1. The highest BCUT2D eigenvalue weighted by Gasteiger charge is 2.30. The standard InChI is InChI=1S/C11H21NO3/c1-5-8(6-2)12-9(13)7-11(3,4)10(14)15/h8H,5-7H2,1-4H3,(H,12,13)(H,14,15). The van der Waals surface area contributed by atoms with E-state index in [1.807, 2.05) is 13.8 Å². The van der Waals surface area contributed by atoms with Crippen LogP contribution in [0.25, 0.3) is 0 Å². The molecule has 0 rings (SSSR count). The Kier molecular flexibility index (Phi) is 5.33. The van der Waals surface area contributed by atoms with Gasteiger partial charge in [0.15, 0.2) is 0 Å². The average molecular weight is 215 g/mol. The van der Waals surface area contributed by atoms with Crippen LogP contribution < -0.4 is 5.32 Å². The zero-order chi connectivity index (χ0) is 12.1. The third kappa shape index (κ3) is 4.81.